The number of rotatable bonds is 5. The van der Waals surface area contributed by atoms with Gasteiger partial charge in [0, 0.05) is 26.2 Å². The van der Waals surface area contributed by atoms with Crippen LogP contribution in [0.15, 0.2) is 47.4 Å². The van der Waals surface area contributed by atoms with E-state index >= 15 is 0 Å². The van der Waals surface area contributed by atoms with E-state index in [0.717, 1.165) is 5.56 Å². The molecule has 1 amide bonds. The lowest BCUT2D eigenvalue weighted by atomic mass is 10.2. The molecule has 1 N–H and O–H groups in total. The molecular weight excluding hydrogens is 427 g/mol. The number of halogens is 1. The Balaban J connectivity index is 1.32. The molecule has 1 fully saturated rings. The van der Waals surface area contributed by atoms with E-state index in [1.165, 1.54) is 27.8 Å². The standard InChI is InChI=1S/C20H21FN4O3S2/c1-14-2-5-16(6-3-14)30(27,28)25-10-8-24(9-11-25)13-19(26)23-20-22-17-7-4-15(21)12-18(17)29-20/h2-7,12H,8-11,13H2,1H3,(H,22,23,26). The summed E-state index contributed by atoms with van der Waals surface area (Å²) in [5, 5.41) is 3.16. The van der Waals surface area contributed by atoms with Gasteiger partial charge in [0.15, 0.2) is 5.13 Å². The topological polar surface area (TPSA) is 82.6 Å². The third kappa shape index (κ3) is 4.51. The van der Waals surface area contributed by atoms with Crippen LogP contribution in [-0.4, -0.2) is 61.2 Å². The second kappa shape index (κ2) is 8.38. The Hall–Kier alpha value is -2.40. The molecule has 30 heavy (non-hydrogen) atoms. The minimum Gasteiger partial charge on any atom is -0.301 e. The van der Waals surface area contributed by atoms with Gasteiger partial charge in [0.1, 0.15) is 5.82 Å². The number of thiazole rings is 1. The SMILES string of the molecule is Cc1ccc(S(=O)(=O)N2CCN(CC(=O)Nc3nc4ccc(F)cc4s3)CC2)cc1. The van der Waals surface area contributed by atoms with Crippen LogP contribution in [0.5, 0.6) is 0 Å². The van der Waals surface area contributed by atoms with Crippen LogP contribution in [0.1, 0.15) is 5.56 Å². The van der Waals surface area contributed by atoms with Crippen LogP contribution >= 0.6 is 11.3 Å². The fourth-order valence-electron chi connectivity index (χ4n) is 3.30. The van der Waals surface area contributed by atoms with Crippen molar-refractivity contribution in [1.29, 1.82) is 0 Å². The number of anilines is 1. The van der Waals surface area contributed by atoms with Crippen LogP contribution in [0, 0.1) is 12.7 Å². The molecule has 1 aromatic heterocycles. The molecule has 1 aliphatic heterocycles. The van der Waals surface area contributed by atoms with E-state index in [1.807, 2.05) is 11.8 Å². The number of sulfonamides is 1. The average Bonchev–Trinajstić information content (AvgIpc) is 3.09. The van der Waals surface area contributed by atoms with Gasteiger partial charge in [-0.2, -0.15) is 4.31 Å². The first kappa shape index (κ1) is 20.9. The number of amides is 1. The highest BCUT2D eigenvalue weighted by Gasteiger charge is 2.29. The Morgan fingerprint density at radius 3 is 2.53 bits per heavy atom. The summed E-state index contributed by atoms with van der Waals surface area (Å²) in [4.78, 5) is 18.8. The monoisotopic (exact) mass is 448 g/mol. The number of aromatic nitrogens is 1. The highest BCUT2D eigenvalue weighted by atomic mass is 32.2. The molecule has 0 atom stereocenters. The molecule has 0 bridgehead atoms. The lowest BCUT2D eigenvalue weighted by molar-refractivity contribution is -0.117. The second-order valence-electron chi connectivity index (χ2n) is 7.17. The number of carbonyl (C=O) groups excluding carboxylic acids is 1. The summed E-state index contributed by atoms with van der Waals surface area (Å²) in [6, 6.07) is 11.1. The highest BCUT2D eigenvalue weighted by molar-refractivity contribution is 7.89. The van der Waals surface area contributed by atoms with Gasteiger partial charge in [0.2, 0.25) is 15.9 Å². The second-order valence-corrected chi connectivity index (χ2v) is 10.1. The number of nitrogens with one attached hydrogen (secondary N) is 1. The molecule has 0 saturated carbocycles. The Morgan fingerprint density at radius 2 is 1.83 bits per heavy atom. The molecule has 2 heterocycles. The normalized spacial score (nSPS) is 16.1. The molecule has 1 aliphatic rings. The maximum atomic E-state index is 13.3. The molecule has 0 aliphatic carbocycles. The van der Waals surface area contributed by atoms with E-state index < -0.39 is 10.0 Å². The van der Waals surface area contributed by atoms with Gasteiger partial charge in [-0.25, -0.2) is 17.8 Å². The zero-order valence-electron chi connectivity index (χ0n) is 16.3. The van der Waals surface area contributed by atoms with Gasteiger partial charge >= 0.3 is 0 Å². The maximum absolute atomic E-state index is 13.3. The van der Waals surface area contributed by atoms with Crippen molar-refractivity contribution in [2.75, 3.05) is 38.0 Å². The van der Waals surface area contributed by atoms with Crippen molar-refractivity contribution in [3.63, 3.8) is 0 Å². The van der Waals surface area contributed by atoms with E-state index in [1.54, 1.807) is 30.3 Å². The highest BCUT2D eigenvalue weighted by Crippen LogP contribution is 2.26. The Kier molecular flexibility index (Phi) is 5.83. The van der Waals surface area contributed by atoms with Gasteiger partial charge < -0.3 is 5.32 Å². The van der Waals surface area contributed by atoms with Gasteiger partial charge in [-0.3, -0.25) is 9.69 Å². The number of hydrogen-bond acceptors (Lipinski definition) is 6. The average molecular weight is 449 g/mol. The number of fused-ring (bicyclic) bond motifs is 1. The fourth-order valence-corrected chi connectivity index (χ4v) is 5.63. The molecular formula is C20H21FN4O3S2. The van der Waals surface area contributed by atoms with E-state index in [2.05, 4.69) is 10.3 Å². The summed E-state index contributed by atoms with van der Waals surface area (Å²) < 4.78 is 41.0. The number of hydrogen-bond donors (Lipinski definition) is 1. The molecule has 0 radical (unpaired) electrons. The van der Waals surface area contributed by atoms with Crippen molar-refractivity contribution in [1.82, 2.24) is 14.2 Å². The Labute approximate surface area is 178 Å². The first-order valence-corrected chi connectivity index (χ1v) is 11.7. The molecule has 3 aromatic rings. The third-order valence-electron chi connectivity index (χ3n) is 4.95. The lowest BCUT2D eigenvalue weighted by Crippen LogP contribution is -2.50. The third-order valence-corrected chi connectivity index (χ3v) is 7.80. The van der Waals surface area contributed by atoms with Crippen molar-refractivity contribution < 1.29 is 17.6 Å². The maximum Gasteiger partial charge on any atom is 0.243 e. The number of carbonyl (C=O) groups is 1. The zero-order chi connectivity index (χ0) is 21.3. The van der Waals surface area contributed by atoms with E-state index in [9.17, 15) is 17.6 Å². The molecule has 0 unspecified atom stereocenters. The Morgan fingerprint density at radius 1 is 1.13 bits per heavy atom. The van der Waals surface area contributed by atoms with Gasteiger partial charge in [-0.1, -0.05) is 29.0 Å². The van der Waals surface area contributed by atoms with Crippen LogP contribution in [0.2, 0.25) is 0 Å². The Bertz CT molecular complexity index is 1170. The summed E-state index contributed by atoms with van der Waals surface area (Å²) >= 11 is 1.22. The quantitative estimate of drug-likeness (QED) is 0.649. The van der Waals surface area contributed by atoms with Crippen LogP contribution in [-0.2, 0) is 14.8 Å². The summed E-state index contributed by atoms with van der Waals surface area (Å²) in [7, 11) is -3.53. The molecule has 2 aromatic carbocycles. The molecule has 10 heteroatoms. The van der Waals surface area contributed by atoms with Crippen molar-refractivity contribution in [2.45, 2.75) is 11.8 Å². The van der Waals surface area contributed by atoms with Crippen LogP contribution in [0.3, 0.4) is 0 Å². The van der Waals surface area contributed by atoms with Crippen molar-refractivity contribution in [3.8, 4) is 0 Å². The van der Waals surface area contributed by atoms with E-state index in [0.29, 0.717) is 41.5 Å². The fraction of sp³-hybridized carbons (Fsp3) is 0.300. The van der Waals surface area contributed by atoms with E-state index in [4.69, 9.17) is 0 Å². The predicted octanol–water partition coefficient (Wildman–Crippen LogP) is 2.69. The summed E-state index contributed by atoms with van der Waals surface area (Å²) in [5.74, 6) is -0.577. The molecule has 158 valence electrons. The smallest absolute Gasteiger partial charge is 0.243 e. The van der Waals surface area contributed by atoms with Crippen LogP contribution in [0.25, 0.3) is 10.2 Å². The van der Waals surface area contributed by atoms with Crippen molar-refractivity contribution in [3.05, 3.63) is 53.8 Å². The lowest BCUT2D eigenvalue weighted by Gasteiger charge is -2.33. The number of piperazine rings is 1. The van der Waals surface area contributed by atoms with Gasteiger partial charge in [-0.05, 0) is 37.3 Å². The number of benzene rings is 2. The van der Waals surface area contributed by atoms with Crippen molar-refractivity contribution in [2.24, 2.45) is 0 Å². The summed E-state index contributed by atoms with van der Waals surface area (Å²) in [6.07, 6.45) is 0. The molecule has 0 spiro atoms. The van der Waals surface area contributed by atoms with E-state index in [-0.39, 0.29) is 23.2 Å². The first-order valence-electron chi connectivity index (χ1n) is 9.46. The van der Waals surface area contributed by atoms with Crippen molar-refractivity contribution >= 4 is 42.6 Å². The number of nitrogens with zero attached hydrogens (tertiary/aromatic N) is 3. The molecule has 4 rings (SSSR count). The minimum atomic E-state index is -3.53. The van der Waals surface area contributed by atoms with Gasteiger partial charge in [0.25, 0.3) is 0 Å². The molecule has 7 nitrogen and oxygen atoms in total. The van der Waals surface area contributed by atoms with Gasteiger partial charge in [-0.15, -0.1) is 0 Å². The summed E-state index contributed by atoms with van der Waals surface area (Å²) in [5.41, 5.74) is 1.63. The first-order chi connectivity index (χ1) is 14.3. The predicted molar refractivity (Wildman–Crippen MR) is 115 cm³/mol. The van der Waals surface area contributed by atoms with Crippen LogP contribution in [0.4, 0.5) is 9.52 Å². The zero-order valence-corrected chi connectivity index (χ0v) is 18.0. The van der Waals surface area contributed by atoms with Gasteiger partial charge in [0.05, 0.1) is 21.7 Å². The molecule has 1 saturated heterocycles. The minimum absolute atomic E-state index is 0.142. The number of aryl methyl sites for hydroxylation is 1. The largest absolute Gasteiger partial charge is 0.301 e. The van der Waals surface area contributed by atoms with Crippen LogP contribution < -0.4 is 5.32 Å². The summed E-state index contributed by atoms with van der Waals surface area (Å²) in [6.45, 7) is 3.62.